The lowest BCUT2D eigenvalue weighted by atomic mass is 10.3. The maximum absolute atomic E-state index is 11.6. The molecule has 1 amide bonds. The highest BCUT2D eigenvalue weighted by Gasteiger charge is 2.07. The normalized spacial score (nSPS) is 12.1. The van der Waals surface area contributed by atoms with Gasteiger partial charge in [0.05, 0.1) is 6.61 Å². The molecule has 0 bridgehead atoms. The van der Waals surface area contributed by atoms with Gasteiger partial charge in [0.2, 0.25) is 5.56 Å². The molecule has 1 heterocycles. The van der Waals surface area contributed by atoms with Gasteiger partial charge in [-0.1, -0.05) is 22.0 Å². The number of alkyl halides is 1. The Hall–Kier alpha value is -1.14. The van der Waals surface area contributed by atoms with Crippen LogP contribution >= 0.6 is 15.9 Å². The molecule has 1 aromatic rings. The summed E-state index contributed by atoms with van der Waals surface area (Å²) in [5.74, 6) is -0.278. The minimum Gasteiger partial charge on any atom is -0.384 e. The number of amides is 1. The van der Waals surface area contributed by atoms with Crippen molar-refractivity contribution >= 4 is 21.8 Å². The zero-order valence-corrected chi connectivity index (χ0v) is 11.1. The van der Waals surface area contributed by atoms with Crippen LogP contribution in [-0.2, 0) is 4.74 Å². The van der Waals surface area contributed by atoms with Gasteiger partial charge in [0, 0.05) is 24.5 Å². The number of aromatic amines is 1. The number of nitrogens with one attached hydrogen (secondary N) is 2. The molecule has 0 aliphatic heterocycles. The average Bonchev–Trinajstić information content (AvgIpc) is 2.29. The van der Waals surface area contributed by atoms with Crippen LogP contribution in [-0.4, -0.2) is 36.0 Å². The molecule has 0 saturated carbocycles. The monoisotopic (exact) mass is 302 g/mol. The highest BCUT2D eigenvalue weighted by molar-refractivity contribution is 9.09. The molecule has 0 spiro atoms. The van der Waals surface area contributed by atoms with Crippen LogP contribution in [0.1, 0.15) is 16.9 Å². The van der Waals surface area contributed by atoms with Gasteiger partial charge in [-0.3, -0.25) is 9.59 Å². The summed E-state index contributed by atoms with van der Waals surface area (Å²) >= 11 is 3.42. The first-order valence-electron chi connectivity index (χ1n) is 5.24. The predicted octanol–water partition coefficient (Wildman–Crippen LogP) is 0.905. The van der Waals surface area contributed by atoms with Crippen molar-refractivity contribution in [1.29, 1.82) is 0 Å². The molecule has 1 aromatic heterocycles. The second-order valence-electron chi connectivity index (χ2n) is 3.53. The van der Waals surface area contributed by atoms with E-state index in [4.69, 9.17) is 4.74 Å². The Bertz CT molecular complexity index is 419. The first kappa shape index (κ1) is 13.9. The third-order valence-electron chi connectivity index (χ3n) is 2.10. The van der Waals surface area contributed by atoms with E-state index in [0.717, 1.165) is 6.42 Å². The highest BCUT2D eigenvalue weighted by Crippen LogP contribution is 2.04. The van der Waals surface area contributed by atoms with Crippen LogP contribution in [0.4, 0.5) is 0 Å². The van der Waals surface area contributed by atoms with E-state index in [1.807, 2.05) is 0 Å². The fraction of sp³-hybridized carbons (Fsp3) is 0.455. The summed E-state index contributed by atoms with van der Waals surface area (Å²) in [7, 11) is 1.63. The van der Waals surface area contributed by atoms with Gasteiger partial charge in [-0.25, -0.2) is 0 Å². The molecular weight excluding hydrogens is 288 g/mol. The number of H-pyrrole nitrogens is 1. The third kappa shape index (κ3) is 5.14. The Kier molecular flexibility index (Phi) is 5.93. The molecule has 0 aliphatic carbocycles. The number of hydrogen-bond donors (Lipinski definition) is 2. The lowest BCUT2D eigenvalue weighted by Crippen LogP contribution is -2.28. The van der Waals surface area contributed by atoms with Gasteiger partial charge in [-0.15, -0.1) is 0 Å². The summed E-state index contributed by atoms with van der Waals surface area (Å²) in [4.78, 5) is 25.3. The van der Waals surface area contributed by atoms with Crippen LogP contribution in [0.25, 0.3) is 0 Å². The van der Waals surface area contributed by atoms with Crippen LogP contribution in [0.15, 0.2) is 23.0 Å². The van der Waals surface area contributed by atoms with Gasteiger partial charge in [0.1, 0.15) is 5.69 Å². The number of aromatic nitrogens is 1. The predicted molar refractivity (Wildman–Crippen MR) is 68.6 cm³/mol. The second-order valence-corrected chi connectivity index (χ2v) is 4.82. The summed E-state index contributed by atoms with van der Waals surface area (Å²) in [6.45, 7) is 1.12. The van der Waals surface area contributed by atoms with Gasteiger partial charge in [0.25, 0.3) is 5.91 Å². The van der Waals surface area contributed by atoms with E-state index in [9.17, 15) is 9.59 Å². The lowest BCUT2D eigenvalue weighted by molar-refractivity contribution is 0.0946. The van der Waals surface area contributed by atoms with Crippen LogP contribution in [0, 0.1) is 0 Å². The van der Waals surface area contributed by atoms with E-state index in [1.54, 1.807) is 19.2 Å². The van der Waals surface area contributed by atoms with E-state index < -0.39 is 0 Å². The molecular formula is C11H15BrN2O3. The molecule has 6 heteroatoms. The minimum absolute atomic E-state index is 0.211. The van der Waals surface area contributed by atoms with E-state index in [-0.39, 0.29) is 22.0 Å². The summed E-state index contributed by atoms with van der Waals surface area (Å²) in [5, 5.41) is 2.72. The summed E-state index contributed by atoms with van der Waals surface area (Å²) in [6.07, 6.45) is 0.761. The maximum Gasteiger partial charge on any atom is 0.267 e. The van der Waals surface area contributed by atoms with Crippen molar-refractivity contribution in [2.75, 3.05) is 20.3 Å². The van der Waals surface area contributed by atoms with Crippen LogP contribution in [0.2, 0.25) is 0 Å². The number of ether oxygens (including phenoxy) is 1. The number of carbonyl (C=O) groups excluding carboxylic acids is 1. The quantitative estimate of drug-likeness (QED) is 0.767. The van der Waals surface area contributed by atoms with Gasteiger partial charge < -0.3 is 15.0 Å². The molecule has 0 radical (unpaired) electrons. The topological polar surface area (TPSA) is 71.2 Å². The molecule has 0 saturated heterocycles. The molecule has 0 fully saturated rings. The largest absolute Gasteiger partial charge is 0.384 e. The summed E-state index contributed by atoms with van der Waals surface area (Å²) in [6, 6.07) is 4.48. The minimum atomic E-state index is -0.282. The molecule has 0 aromatic carbocycles. The average molecular weight is 303 g/mol. The molecule has 1 rings (SSSR count). The standard InChI is InChI=1S/C11H15BrN2O3/c1-17-7-8(12)5-6-13-11(16)9-3-2-4-10(15)14-9/h2-4,8H,5-7H2,1H3,(H,13,16)(H,14,15). The van der Waals surface area contributed by atoms with Gasteiger partial charge in [-0.2, -0.15) is 0 Å². The molecule has 1 atom stereocenters. The SMILES string of the molecule is COCC(Br)CCNC(=O)c1cccc(=O)[nH]1. The number of methoxy groups -OCH3 is 1. The van der Waals surface area contributed by atoms with E-state index >= 15 is 0 Å². The molecule has 5 nitrogen and oxygen atoms in total. The number of hydrogen-bond acceptors (Lipinski definition) is 3. The summed E-state index contributed by atoms with van der Waals surface area (Å²) in [5.41, 5.74) is -0.00855. The Balaban J connectivity index is 2.38. The molecule has 0 aliphatic rings. The van der Waals surface area contributed by atoms with Gasteiger partial charge >= 0.3 is 0 Å². The summed E-state index contributed by atoms with van der Waals surface area (Å²) < 4.78 is 4.95. The number of carbonyl (C=O) groups is 1. The van der Waals surface area contributed by atoms with Crippen molar-refractivity contribution in [2.45, 2.75) is 11.2 Å². The fourth-order valence-electron chi connectivity index (χ4n) is 1.28. The highest BCUT2D eigenvalue weighted by atomic mass is 79.9. The van der Waals surface area contributed by atoms with E-state index in [2.05, 4.69) is 26.2 Å². The van der Waals surface area contributed by atoms with Crippen molar-refractivity contribution in [2.24, 2.45) is 0 Å². The Morgan fingerprint density at radius 2 is 2.35 bits per heavy atom. The molecule has 17 heavy (non-hydrogen) atoms. The van der Waals surface area contributed by atoms with Gasteiger partial charge in [0.15, 0.2) is 0 Å². The number of pyridine rings is 1. The van der Waals surface area contributed by atoms with Crippen molar-refractivity contribution in [3.8, 4) is 0 Å². The molecule has 1 unspecified atom stereocenters. The zero-order chi connectivity index (χ0) is 12.7. The second kappa shape index (κ2) is 7.24. The Morgan fingerprint density at radius 3 is 3.00 bits per heavy atom. The first-order valence-corrected chi connectivity index (χ1v) is 6.15. The van der Waals surface area contributed by atoms with Crippen LogP contribution in [0.3, 0.4) is 0 Å². The Morgan fingerprint density at radius 1 is 1.59 bits per heavy atom. The van der Waals surface area contributed by atoms with Crippen LogP contribution in [0.5, 0.6) is 0 Å². The number of halogens is 1. The fourth-order valence-corrected chi connectivity index (χ4v) is 1.78. The number of rotatable bonds is 6. The van der Waals surface area contributed by atoms with Crippen molar-refractivity contribution in [3.63, 3.8) is 0 Å². The molecule has 2 N–H and O–H groups in total. The van der Waals surface area contributed by atoms with E-state index in [1.165, 1.54) is 6.07 Å². The first-order chi connectivity index (χ1) is 8.13. The van der Waals surface area contributed by atoms with Crippen LogP contribution < -0.4 is 10.9 Å². The smallest absolute Gasteiger partial charge is 0.267 e. The van der Waals surface area contributed by atoms with E-state index in [0.29, 0.717) is 13.2 Å². The lowest BCUT2D eigenvalue weighted by Gasteiger charge is -2.09. The van der Waals surface area contributed by atoms with Gasteiger partial charge in [-0.05, 0) is 12.5 Å². The van der Waals surface area contributed by atoms with Crippen molar-refractivity contribution in [1.82, 2.24) is 10.3 Å². The Labute approximate surface area is 108 Å². The molecule has 94 valence electrons. The third-order valence-corrected chi connectivity index (χ3v) is 2.83. The zero-order valence-electron chi connectivity index (χ0n) is 9.53. The maximum atomic E-state index is 11.6. The van der Waals surface area contributed by atoms with Crippen molar-refractivity contribution < 1.29 is 9.53 Å². The van der Waals surface area contributed by atoms with Crippen molar-refractivity contribution in [3.05, 3.63) is 34.2 Å².